The number of nitrogens with zero attached hydrogens (tertiary/aromatic N) is 2. The van der Waals surface area contributed by atoms with E-state index in [0.717, 1.165) is 10.7 Å². The fraction of sp³-hybridized carbons (Fsp3) is 0.182. The molecule has 0 aliphatic heterocycles. The molecule has 0 aliphatic rings. The Hall–Kier alpha value is -1.40. The van der Waals surface area contributed by atoms with Crippen LogP contribution in [0, 0.1) is 0 Å². The monoisotopic (exact) mass is 311 g/mol. The zero-order chi connectivity index (χ0) is 13.3. The van der Waals surface area contributed by atoms with Gasteiger partial charge in [-0.15, -0.1) is 12.4 Å². The number of hydrogen-bond donors (Lipinski definition) is 1. The Balaban J connectivity index is 0.00000180. The van der Waals surface area contributed by atoms with Crippen LogP contribution in [0.4, 0.5) is 19.0 Å². The van der Waals surface area contributed by atoms with Crippen molar-refractivity contribution in [3.05, 3.63) is 41.0 Å². The molecule has 1 heterocycles. The second kappa shape index (κ2) is 5.71. The standard InChI is InChI=1S/C11H9ClF3N3.ClH/c1-16-10-6-9(11(13,14)15)17-18(10)8-4-2-3-7(12)5-8;/h2-6,16H,1H3;1H. The average Bonchev–Trinajstić information content (AvgIpc) is 2.72. The molecule has 0 fully saturated rings. The summed E-state index contributed by atoms with van der Waals surface area (Å²) in [5.41, 5.74) is -0.492. The highest BCUT2D eigenvalue weighted by atomic mass is 35.5. The second-order valence-corrected chi connectivity index (χ2v) is 3.99. The molecule has 2 rings (SSSR count). The fourth-order valence-electron chi connectivity index (χ4n) is 1.50. The third-order valence-electron chi connectivity index (χ3n) is 2.31. The van der Waals surface area contributed by atoms with E-state index in [1.807, 2.05) is 0 Å². The summed E-state index contributed by atoms with van der Waals surface area (Å²) >= 11 is 5.80. The van der Waals surface area contributed by atoms with Gasteiger partial charge in [-0.1, -0.05) is 17.7 Å². The van der Waals surface area contributed by atoms with Crippen molar-refractivity contribution in [2.24, 2.45) is 0 Å². The van der Waals surface area contributed by atoms with Crippen molar-refractivity contribution in [1.29, 1.82) is 0 Å². The zero-order valence-electron chi connectivity index (χ0n) is 9.70. The van der Waals surface area contributed by atoms with Crippen molar-refractivity contribution in [1.82, 2.24) is 9.78 Å². The van der Waals surface area contributed by atoms with E-state index < -0.39 is 11.9 Å². The third-order valence-corrected chi connectivity index (χ3v) is 2.54. The van der Waals surface area contributed by atoms with Crippen molar-refractivity contribution in [3.8, 4) is 5.69 Å². The summed E-state index contributed by atoms with van der Waals surface area (Å²) in [4.78, 5) is 0. The highest BCUT2D eigenvalue weighted by Gasteiger charge is 2.35. The summed E-state index contributed by atoms with van der Waals surface area (Å²) in [6.07, 6.45) is -4.48. The number of aromatic nitrogens is 2. The van der Waals surface area contributed by atoms with Crippen LogP contribution in [-0.2, 0) is 6.18 Å². The Labute approximate surface area is 118 Å². The minimum Gasteiger partial charge on any atom is -0.373 e. The molecule has 0 saturated carbocycles. The zero-order valence-corrected chi connectivity index (χ0v) is 11.3. The first kappa shape index (κ1) is 15.7. The van der Waals surface area contributed by atoms with E-state index in [1.165, 1.54) is 13.1 Å². The smallest absolute Gasteiger partial charge is 0.373 e. The SMILES string of the molecule is CNc1cc(C(F)(F)F)nn1-c1cccc(Cl)c1.Cl. The summed E-state index contributed by atoms with van der Waals surface area (Å²) in [7, 11) is 1.53. The molecule has 3 nitrogen and oxygen atoms in total. The van der Waals surface area contributed by atoms with E-state index in [9.17, 15) is 13.2 Å². The Morgan fingerprint density at radius 3 is 2.47 bits per heavy atom. The lowest BCUT2D eigenvalue weighted by atomic mass is 10.3. The molecule has 0 aliphatic carbocycles. The highest BCUT2D eigenvalue weighted by Crippen LogP contribution is 2.31. The van der Waals surface area contributed by atoms with Gasteiger partial charge in [0.25, 0.3) is 0 Å². The van der Waals surface area contributed by atoms with E-state index in [4.69, 9.17) is 11.6 Å². The van der Waals surface area contributed by atoms with Crippen LogP contribution < -0.4 is 5.32 Å². The van der Waals surface area contributed by atoms with Gasteiger partial charge < -0.3 is 5.32 Å². The van der Waals surface area contributed by atoms with Gasteiger partial charge in [-0.2, -0.15) is 18.3 Å². The van der Waals surface area contributed by atoms with Crippen LogP contribution in [0.1, 0.15) is 5.69 Å². The molecule has 0 radical (unpaired) electrons. The van der Waals surface area contributed by atoms with Crippen LogP contribution in [0.25, 0.3) is 5.69 Å². The normalized spacial score (nSPS) is 11.0. The van der Waals surface area contributed by atoms with Crippen LogP contribution >= 0.6 is 24.0 Å². The van der Waals surface area contributed by atoms with Gasteiger partial charge in [0.2, 0.25) is 0 Å². The second-order valence-electron chi connectivity index (χ2n) is 3.55. The first-order valence-electron chi connectivity index (χ1n) is 5.03. The molecule has 0 unspecified atom stereocenters. The molecule has 0 amide bonds. The van der Waals surface area contributed by atoms with E-state index in [2.05, 4.69) is 10.4 Å². The first-order valence-corrected chi connectivity index (χ1v) is 5.40. The number of benzene rings is 1. The van der Waals surface area contributed by atoms with Gasteiger partial charge in [-0.05, 0) is 18.2 Å². The number of halogens is 5. The van der Waals surface area contributed by atoms with Gasteiger partial charge in [0, 0.05) is 18.1 Å². The van der Waals surface area contributed by atoms with Crippen molar-refractivity contribution in [2.75, 3.05) is 12.4 Å². The van der Waals surface area contributed by atoms with Gasteiger partial charge in [0.05, 0.1) is 5.69 Å². The van der Waals surface area contributed by atoms with Crippen LogP contribution in [0.3, 0.4) is 0 Å². The largest absolute Gasteiger partial charge is 0.435 e. The highest BCUT2D eigenvalue weighted by molar-refractivity contribution is 6.30. The molecule has 8 heteroatoms. The van der Waals surface area contributed by atoms with Gasteiger partial charge in [0.1, 0.15) is 5.82 Å². The maximum atomic E-state index is 12.6. The van der Waals surface area contributed by atoms with Crippen molar-refractivity contribution in [3.63, 3.8) is 0 Å². The Morgan fingerprint density at radius 1 is 1.26 bits per heavy atom. The molecule has 0 atom stereocenters. The van der Waals surface area contributed by atoms with Crippen molar-refractivity contribution in [2.45, 2.75) is 6.18 Å². The number of rotatable bonds is 2. The molecular formula is C11H10Cl2F3N3. The summed E-state index contributed by atoms with van der Waals surface area (Å²) in [5, 5.41) is 6.63. The number of nitrogens with one attached hydrogen (secondary N) is 1. The predicted octanol–water partition coefficient (Wildman–Crippen LogP) is 4.01. The summed E-state index contributed by atoms with van der Waals surface area (Å²) in [6.45, 7) is 0. The van der Waals surface area contributed by atoms with Crippen LogP contribution in [-0.4, -0.2) is 16.8 Å². The summed E-state index contributed by atoms with van der Waals surface area (Å²) < 4.78 is 38.9. The topological polar surface area (TPSA) is 29.9 Å². The van der Waals surface area contributed by atoms with E-state index >= 15 is 0 Å². The molecule has 1 aromatic carbocycles. The number of hydrogen-bond acceptors (Lipinski definition) is 2. The first-order chi connectivity index (χ1) is 8.41. The lowest BCUT2D eigenvalue weighted by molar-refractivity contribution is -0.141. The van der Waals surface area contributed by atoms with Crippen molar-refractivity contribution < 1.29 is 13.2 Å². The lowest BCUT2D eigenvalue weighted by Crippen LogP contribution is -2.07. The molecule has 19 heavy (non-hydrogen) atoms. The molecule has 0 spiro atoms. The average molecular weight is 312 g/mol. The van der Waals surface area contributed by atoms with Gasteiger partial charge in [-0.25, -0.2) is 4.68 Å². The quantitative estimate of drug-likeness (QED) is 0.908. The minimum absolute atomic E-state index is 0. The predicted molar refractivity (Wildman–Crippen MR) is 70.4 cm³/mol. The molecule has 0 bridgehead atoms. The van der Waals surface area contributed by atoms with Gasteiger partial charge in [-0.3, -0.25) is 0 Å². The molecule has 2 aromatic rings. The Morgan fingerprint density at radius 2 is 1.95 bits per heavy atom. The van der Waals surface area contributed by atoms with Gasteiger partial charge in [0.15, 0.2) is 5.69 Å². The number of alkyl halides is 3. The molecule has 1 N–H and O–H groups in total. The van der Waals surface area contributed by atoms with E-state index in [1.54, 1.807) is 18.2 Å². The fourth-order valence-corrected chi connectivity index (χ4v) is 1.69. The Kier molecular flexibility index (Phi) is 4.70. The molecular weight excluding hydrogens is 302 g/mol. The van der Waals surface area contributed by atoms with Gasteiger partial charge >= 0.3 is 6.18 Å². The molecule has 104 valence electrons. The maximum absolute atomic E-state index is 12.6. The maximum Gasteiger partial charge on any atom is 0.435 e. The van der Waals surface area contributed by atoms with Crippen LogP contribution in [0.5, 0.6) is 0 Å². The minimum atomic E-state index is -4.48. The molecule has 1 aromatic heterocycles. The summed E-state index contributed by atoms with van der Waals surface area (Å²) in [6, 6.07) is 7.39. The van der Waals surface area contributed by atoms with Crippen LogP contribution in [0.2, 0.25) is 5.02 Å². The Bertz CT molecular complexity index is 567. The van der Waals surface area contributed by atoms with E-state index in [-0.39, 0.29) is 18.2 Å². The van der Waals surface area contributed by atoms with Crippen LogP contribution in [0.15, 0.2) is 30.3 Å². The summed E-state index contributed by atoms with van der Waals surface area (Å²) in [5.74, 6) is 0.240. The third kappa shape index (κ3) is 3.33. The van der Waals surface area contributed by atoms with E-state index in [0.29, 0.717) is 10.7 Å². The van der Waals surface area contributed by atoms with Crippen molar-refractivity contribution >= 4 is 29.8 Å². The molecule has 0 saturated heterocycles. The lowest BCUT2D eigenvalue weighted by Gasteiger charge is -2.06. The number of anilines is 1.